The molecule has 1 spiro atoms. The molecule has 0 saturated carbocycles. The molecule has 10 heteroatoms. The summed E-state index contributed by atoms with van der Waals surface area (Å²) in [7, 11) is 0. The Morgan fingerprint density at radius 3 is 2.31 bits per heavy atom. The zero-order chi connectivity index (χ0) is 25.8. The fourth-order valence-corrected chi connectivity index (χ4v) is 5.28. The maximum absolute atomic E-state index is 12.9. The first kappa shape index (κ1) is 26.1. The van der Waals surface area contributed by atoms with Crippen LogP contribution >= 0.6 is 0 Å². The molecule has 2 aromatic rings. The molecule has 36 heavy (non-hydrogen) atoms. The number of rotatable bonds is 4. The van der Waals surface area contributed by atoms with E-state index in [9.17, 15) is 18.0 Å². The van der Waals surface area contributed by atoms with Crippen molar-refractivity contribution in [2.24, 2.45) is 0 Å². The topological polar surface area (TPSA) is 83.2 Å². The second-order valence-corrected chi connectivity index (χ2v) is 9.67. The van der Waals surface area contributed by atoms with Gasteiger partial charge in [0.05, 0.1) is 12.8 Å². The average molecular weight is 509 g/mol. The highest BCUT2D eigenvalue weighted by atomic mass is 19.4. The summed E-state index contributed by atoms with van der Waals surface area (Å²) in [6.07, 6.45) is 2.49. The molecule has 1 aromatic heterocycles. The Bertz CT molecular complexity index is 1030. The number of nitrogens with zero attached hydrogens (tertiary/aromatic N) is 2. The number of benzene rings is 1. The quantitative estimate of drug-likeness (QED) is 0.637. The van der Waals surface area contributed by atoms with Gasteiger partial charge in [-0.25, -0.2) is 4.79 Å². The lowest BCUT2D eigenvalue weighted by Gasteiger charge is -2.47. The molecule has 2 saturated heterocycles. The van der Waals surface area contributed by atoms with Crippen LogP contribution in [0, 0.1) is 0 Å². The summed E-state index contributed by atoms with van der Waals surface area (Å²) in [4.78, 5) is 26.3. The van der Waals surface area contributed by atoms with Crippen LogP contribution in [-0.4, -0.2) is 64.7 Å². The minimum Gasteiger partial charge on any atom is -0.487 e. The van der Waals surface area contributed by atoms with E-state index in [1.165, 1.54) is 5.56 Å². The fourth-order valence-electron chi connectivity index (χ4n) is 5.28. The van der Waals surface area contributed by atoms with E-state index in [4.69, 9.17) is 19.1 Å². The van der Waals surface area contributed by atoms with Gasteiger partial charge < -0.3 is 19.2 Å². The summed E-state index contributed by atoms with van der Waals surface area (Å²) in [5.41, 5.74) is 1.06. The Kier molecular flexibility index (Phi) is 7.92. The number of hydrogen-bond acceptors (Lipinski definition) is 5. The number of ether oxygens (including phenoxy) is 1. The Morgan fingerprint density at radius 1 is 1.03 bits per heavy atom. The van der Waals surface area contributed by atoms with Crippen molar-refractivity contribution in [1.82, 2.24) is 9.80 Å². The van der Waals surface area contributed by atoms with Gasteiger partial charge in [-0.1, -0.05) is 18.2 Å². The summed E-state index contributed by atoms with van der Waals surface area (Å²) >= 11 is 0. The van der Waals surface area contributed by atoms with Crippen LogP contribution in [0.1, 0.15) is 55.8 Å². The first-order chi connectivity index (χ1) is 17.2. The first-order valence-corrected chi connectivity index (χ1v) is 12.3. The average Bonchev–Trinajstić information content (AvgIpc) is 3.55. The molecular weight excluding hydrogens is 477 g/mol. The lowest BCUT2D eigenvalue weighted by Crippen LogP contribution is -2.50. The predicted octanol–water partition coefficient (Wildman–Crippen LogP) is 4.83. The van der Waals surface area contributed by atoms with Gasteiger partial charge in [-0.3, -0.25) is 9.69 Å². The van der Waals surface area contributed by atoms with Gasteiger partial charge in [0.1, 0.15) is 17.1 Å². The van der Waals surface area contributed by atoms with Crippen LogP contribution in [0.3, 0.4) is 0 Å². The number of likely N-dealkylation sites (tertiary alicyclic amines) is 2. The van der Waals surface area contributed by atoms with E-state index in [-0.39, 0.29) is 11.5 Å². The van der Waals surface area contributed by atoms with Gasteiger partial charge in [0.25, 0.3) is 0 Å². The molecule has 2 fully saturated rings. The van der Waals surface area contributed by atoms with E-state index in [2.05, 4.69) is 28.0 Å². The molecular formula is C26H31F3N2O5. The molecule has 1 N–H and O–H groups in total. The van der Waals surface area contributed by atoms with Crippen molar-refractivity contribution in [2.75, 3.05) is 26.2 Å². The molecule has 0 aliphatic carbocycles. The van der Waals surface area contributed by atoms with Crippen LogP contribution in [0.5, 0.6) is 5.75 Å². The summed E-state index contributed by atoms with van der Waals surface area (Å²) in [5, 5.41) is 7.12. The lowest BCUT2D eigenvalue weighted by molar-refractivity contribution is -0.192. The molecule has 7 nitrogen and oxygen atoms in total. The molecule has 3 aliphatic heterocycles. The zero-order valence-corrected chi connectivity index (χ0v) is 20.0. The molecule has 3 aliphatic rings. The van der Waals surface area contributed by atoms with Gasteiger partial charge in [0.2, 0.25) is 5.91 Å². The van der Waals surface area contributed by atoms with Crippen molar-refractivity contribution in [1.29, 1.82) is 0 Å². The number of carboxylic acid groups (broad SMARTS) is 1. The molecule has 1 unspecified atom stereocenters. The largest absolute Gasteiger partial charge is 0.490 e. The lowest BCUT2D eigenvalue weighted by atomic mass is 9.76. The molecule has 5 rings (SSSR count). The Balaban J connectivity index is 0.000000384. The van der Waals surface area contributed by atoms with Crippen molar-refractivity contribution in [2.45, 2.75) is 62.8 Å². The van der Waals surface area contributed by atoms with Crippen molar-refractivity contribution in [3.63, 3.8) is 0 Å². The number of para-hydroxylation sites is 1. The van der Waals surface area contributed by atoms with E-state index in [1.807, 2.05) is 18.2 Å². The third-order valence-corrected chi connectivity index (χ3v) is 7.15. The van der Waals surface area contributed by atoms with Gasteiger partial charge >= 0.3 is 12.1 Å². The summed E-state index contributed by atoms with van der Waals surface area (Å²) in [6.45, 7) is 4.70. The monoisotopic (exact) mass is 508 g/mol. The number of fused-ring (bicyclic) bond motifs is 1. The van der Waals surface area contributed by atoms with Crippen molar-refractivity contribution in [3.05, 3.63) is 54.0 Å². The number of hydrogen-bond donors (Lipinski definition) is 1. The summed E-state index contributed by atoms with van der Waals surface area (Å²) in [6, 6.07) is 12.3. The number of alkyl halides is 3. The molecule has 0 bridgehead atoms. The summed E-state index contributed by atoms with van der Waals surface area (Å²) < 4.78 is 43.9. The van der Waals surface area contributed by atoms with E-state index in [0.717, 1.165) is 76.3 Å². The number of aliphatic carboxylic acids is 1. The second kappa shape index (κ2) is 10.9. The third-order valence-electron chi connectivity index (χ3n) is 7.15. The van der Waals surface area contributed by atoms with Crippen LogP contribution < -0.4 is 4.74 Å². The van der Waals surface area contributed by atoms with E-state index < -0.39 is 12.1 Å². The minimum atomic E-state index is -5.08. The number of carboxylic acids is 1. The van der Waals surface area contributed by atoms with E-state index >= 15 is 0 Å². The number of piperidine rings is 1. The molecule has 1 amide bonds. The number of furan rings is 1. The van der Waals surface area contributed by atoms with Gasteiger partial charge in [0.15, 0.2) is 0 Å². The minimum absolute atomic E-state index is 0.149. The van der Waals surface area contributed by atoms with Crippen LogP contribution in [0.25, 0.3) is 0 Å². The van der Waals surface area contributed by atoms with Crippen LogP contribution in [0.2, 0.25) is 0 Å². The highest BCUT2D eigenvalue weighted by Gasteiger charge is 2.44. The van der Waals surface area contributed by atoms with E-state index in [0.29, 0.717) is 12.3 Å². The number of carbonyl (C=O) groups excluding carboxylic acids is 1. The SMILES string of the molecule is O=C(CC1CC2(CCN(Cc3ccco3)CC2)Oc2ccccc21)N1CCCC1.O=C(O)C(F)(F)F. The maximum atomic E-state index is 12.9. The molecule has 1 aromatic carbocycles. The van der Waals surface area contributed by atoms with Crippen molar-refractivity contribution in [3.8, 4) is 5.75 Å². The van der Waals surface area contributed by atoms with Crippen LogP contribution in [-0.2, 0) is 16.1 Å². The van der Waals surface area contributed by atoms with Gasteiger partial charge in [-0.15, -0.1) is 0 Å². The zero-order valence-electron chi connectivity index (χ0n) is 20.0. The van der Waals surface area contributed by atoms with Gasteiger partial charge in [-0.05, 0) is 55.9 Å². The normalized spacial score (nSPS) is 21.3. The number of amides is 1. The van der Waals surface area contributed by atoms with Crippen molar-refractivity contribution >= 4 is 11.9 Å². The molecule has 1 atom stereocenters. The maximum Gasteiger partial charge on any atom is 0.490 e. The smallest absolute Gasteiger partial charge is 0.487 e. The standard InChI is InChI=1S/C24H30N2O3.C2HF3O2/c27-23(26-11-3-4-12-26)16-19-17-24(29-22-8-2-1-7-21(19)22)9-13-25(14-10-24)18-20-6-5-15-28-20;3-2(4,5)1(6)7/h1-2,5-8,15,19H,3-4,9-14,16-18H2;(H,6,7). The third kappa shape index (κ3) is 6.40. The van der Waals surface area contributed by atoms with Crippen molar-refractivity contribution < 1.29 is 37.0 Å². The van der Waals surface area contributed by atoms with Crippen LogP contribution in [0.4, 0.5) is 13.2 Å². The molecule has 4 heterocycles. The predicted molar refractivity (Wildman–Crippen MR) is 124 cm³/mol. The fraction of sp³-hybridized carbons (Fsp3) is 0.538. The Morgan fingerprint density at radius 2 is 1.69 bits per heavy atom. The Hall–Kier alpha value is -3.01. The molecule has 196 valence electrons. The highest BCUT2D eigenvalue weighted by Crippen LogP contribution is 2.46. The number of halogens is 3. The first-order valence-electron chi connectivity index (χ1n) is 12.3. The highest BCUT2D eigenvalue weighted by molar-refractivity contribution is 5.77. The van der Waals surface area contributed by atoms with Gasteiger partial charge in [0, 0.05) is 38.5 Å². The Labute approximate surface area is 207 Å². The summed E-state index contributed by atoms with van der Waals surface area (Å²) in [5.74, 6) is -0.186. The van der Waals surface area contributed by atoms with Gasteiger partial charge in [-0.2, -0.15) is 13.2 Å². The molecule has 0 radical (unpaired) electrons. The van der Waals surface area contributed by atoms with E-state index in [1.54, 1.807) is 6.26 Å². The van der Waals surface area contributed by atoms with Crippen LogP contribution in [0.15, 0.2) is 47.1 Å². The number of carbonyl (C=O) groups is 2. The second-order valence-electron chi connectivity index (χ2n) is 9.67.